The largest absolute Gasteiger partial charge is 0.397 e. The van der Waals surface area contributed by atoms with Gasteiger partial charge in [0.2, 0.25) is 0 Å². The Kier molecular flexibility index (Phi) is 2.24. The fraction of sp³-hybridized carbons (Fsp3) is 0. The first-order valence-corrected chi connectivity index (χ1v) is 5.52. The minimum Gasteiger partial charge on any atom is -0.397 e. The number of nitrogens with zero attached hydrogens (tertiary/aromatic N) is 3. The number of hydrogen-bond donors (Lipinski definition) is 1. The summed E-state index contributed by atoms with van der Waals surface area (Å²) in [6, 6.07) is 15.2. The quantitative estimate of drug-likeness (QED) is 0.658. The summed E-state index contributed by atoms with van der Waals surface area (Å²) in [6.07, 6.45) is 1.80. The lowest BCUT2D eigenvalue weighted by atomic mass is 10.2. The van der Waals surface area contributed by atoms with Gasteiger partial charge in [0.25, 0.3) is 0 Å². The van der Waals surface area contributed by atoms with Crippen LogP contribution in [0.25, 0.3) is 16.6 Å². The summed E-state index contributed by atoms with van der Waals surface area (Å²) >= 11 is 0. The van der Waals surface area contributed by atoms with Gasteiger partial charge in [-0.2, -0.15) is 10.4 Å². The van der Waals surface area contributed by atoms with E-state index in [2.05, 4.69) is 11.2 Å². The van der Waals surface area contributed by atoms with Crippen molar-refractivity contribution in [2.24, 2.45) is 0 Å². The molecule has 0 fully saturated rings. The molecule has 2 aromatic carbocycles. The van der Waals surface area contributed by atoms with Crippen LogP contribution in [0.2, 0.25) is 0 Å². The Morgan fingerprint density at radius 2 is 2.00 bits per heavy atom. The van der Waals surface area contributed by atoms with Crippen molar-refractivity contribution < 1.29 is 0 Å². The maximum absolute atomic E-state index is 8.83. The summed E-state index contributed by atoms with van der Waals surface area (Å²) < 4.78 is 1.78. The zero-order chi connectivity index (χ0) is 12.5. The van der Waals surface area contributed by atoms with Gasteiger partial charge in [0.15, 0.2) is 0 Å². The molecule has 3 aromatic rings. The van der Waals surface area contributed by atoms with Crippen molar-refractivity contribution in [3.05, 3.63) is 54.2 Å². The first-order chi connectivity index (χ1) is 8.79. The van der Waals surface area contributed by atoms with Gasteiger partial charge in [-0.25, -0.2) is 4.68 Å². The molecule has 1 aromatic heterocycles. The SMILES string of the molecule is N#Cc1ccc(-n2ncc3ccccc32)c(N)c1. The zero-order valence-corrected chi connectivity index (χ0v) is 9.54. The highest BCUT2D eigenvalue weighted by molar-refractivity contribution is 5.81. The normalized spacial score (nSPS) is 10.4. The van der Waals surface area contributed by atoms with Crippen molar-refractivity contribution in [1.29, 1.82) is 5.26 Å². The van der Waals surface area contributed by atoms with E-state index in [9.17, 15) is 0 Å². The Morgan fingerprint density at radius 1 is 1.17 bits per heavy atom. The molecule has 1 heterocycles. The third-order valence-electron chi connectivity index (χ3n) is 2.86. The zero-order valence-electron chi connectivity index (χ0n) is 9.54. The van der Waals surface area contributed by atoms with Gasteiger partial charge in [0, 0.05) is 5.39 Å². The monoisotopic (exact) mass is 234 g/mol. The molecule has 0 aliphatic rings. The molecule has 4 nitrogen and oxygen atoms in total. The number of nitrogen functional groups attached to an aromatic ring is 1. The van der Waals surface area contributed by atoms with E-state index in [-0.39, 0.29) is 0 Å². The van der Waals surface area contributed by atoms with Crippen molar-refractivity contribution in [1.82, 2.24) is 9.78 Å². The van der Waals surface area contributed by atoms with Gasteiger partial charge in [-0.1, -0.05) is 18.2 Å². The molecule has 0 saturated carbocycles. The van der Waals surface area contributed by atoms with Crippen molar-refractivity contribution >= 4 is 16.6 Å². The fourth-order valence-corrected chi connectivity index (χ4v) is 1.98. The Balaban J connectivity index is 2.24. The van der Waals surface area contributed by atoms with Crippen molar-refractivity contribution in [3.8, 4) is 11.8 Å². The van der Waals surface area contributed by atoms with Crippen LogP contribution in [0.3, 0.4) is 0 Å². The number of nitrogens with two attached hydrogens (primary N) is 1. The standard InChI is InChI=1S/C14H10N4/c15-8-10-5-6-14(12(16)7-10)18-13-4-2-1-3-11(13)9-17-18/h1-7,9H,16H2. The second-order valence-corrected chi connectivity index (χ2v) is 4.00. The molecule has 0 spiro atoms. The number of nitriles is 1. The van der Waals surface area contributed by atoms with Crippen molar-refractivity contribution in [2.45, 2.75) is 0 Å². The van der Waals surface area contributed by atoms with Gasteiger partial charge >= 0.3 is 0 Å². The predicted octanol–water partition coefficient (Wildman–Crippen LogP) is 2.48. The minimum absolute atomic E-state index is 0.544. The lowest BCUT2D eigenvalue weighted by Crippen LogP contribution is -2.01. The van der Waals surface area contributed by atoms with Gasteiger partial charge in [-0.3, -0.25) is 0 Å². The van der Waals surface area contributed by atoms with Crippen LogP contribution >= 0.6 is 0 Å². The van der Waals surface area contributed by atoms with Gasteiger partial charge in [0.1, 0.15) is 0 Å². The molecule has 0 saturated heterocycles. The second kappa shape index (κ2) is 3.90. The molecule has 2 N–H and O–H groups in total. The van der Waals surface area contributed by atoms with Crippen molar-refractivity contribution in [3.63, 3.8) is 0 Å². The highest BCUT2D eigenvalue weighted by atomic mass is 15.3. The Labute approximate surface area is 104 Å². The highest BCUT2D eigenvalue weighted by Gasteiger charge is 2.07. The van der Waals surface area contributed by atoms with Gasteiger partial charge < -0.3 is 5.73 Å². The van der Waals surface area contributed by atoms with E-state index >= 15 is 0 Å². The fourth-order valence-electron chi connectivity index (χ4n) is 1.98. The van der Waals surface area contributed by atoms with Crippen LogP contribution in [0.4, 0.5) is 5.69 Å². The molecule has 0 aliphatic heterocycles. The summed E-state index contributed by atoms with van der Waals surface area (Å²) in [5.74, 6) is 0. The predicted molar refractivity (Wildman–Crippen MR) is 70.2 cm³/mol. The van der Waals surface area contributed by atoms with Crippen LogP contribution in [0.1, 0.15) is 5.56 Å². The number of benzene rings is 2. The Hall–Kier alpha value is -2.80. The number of hydrogen-bond acceptors (Lipinski definition) is 3. The summed E-state index contributed by atoms with van der Waals surface area (Å²) in [7, 11) is 0. The topological polar surface area (TPSA) is 67.6 Å². The molecular weight excluding hydrogens is 224 g/mol. The molecule has 3 rings (SSSR count). The Bertz CT molecular complexity index is 765. The van der Waals surface area contributed by atoms with Crippen LogP contribution in [0.15, 0.2) is 48.7 Å². The van der Waals surface area contributed by atoms with E-state index in [1.807, 2.05) is 30.3 Å². The molecule has 0 atom stereocenters. The number of rotatable bonds is 1. The summed E-state index contributed by atoms with van der Waals surface area (Å²) in [4.78, 5) is 0. The first kappa shape index (κ1) is 10.4. The first-order valence-electron chi connectivity index (χ1n) is 5.52. The van der Waals surface area contributed by atoms with Crippen LogP contribution in [0.5, 0.6) is 0 Å². The van der Waals surface area contributed by atoms with Gasteiger partial charge in [-0.15, -0.1) is 0 Å². The average Bonchev–Trinajstić information content (AvgIpc) is 2.82. The van der Waals surface area contributed by atoms with Crippen LogP contribution in [-0.4, -0.2) is 9.78 Å². The smallest absolute Gasteiger partial charge is 0.0992 e. The van der Waals surface area contributed by atoms with Crippen LogP contribution in [0, 0.1) is 11.3 Å². The van der Waals surface area contributed by atoms with Gasteiger partial charge in [0.05, 0.1) is 34.7 Å². The van der Waals surface area contributed by atoms with E-state index in [1.54, 1.807) is 23.0 Å². The molecule has 0 aliphatic carbocycles. The maximum Gasteiger partial charge on any atom is 0.0992 e. The molecule has 0 unspecified atom stereocenters. The number of anilines is 1. The lowest BCUT2D eigenvalue weighted by Gasteiger charge is -2.07. The summed E-state index contributed by atoms with van der Waals surface area (Å²) in [6.45, 7) is 0. The number of para-hydroxylation sites is 1. The Morgan fingerprint density at radius 3 is 2.78 bits per heavy atom. The van der Waals surface area contributed by atoms with Gasteiger partial charge in [-0.05, 0) is 24.3 Å². The number of aromatic nitrogens is 2. The molecular formula is C14H10N4. The summed E-state index contributed by atoms with van der Waals surface area (Å²) in [5, 5.41) is 14.2. The van der Waals surface area contributed by atoms with E-state index < -0.39 is 0 Å². The number of fused-ring (bicyclic) bond motifs is 1. The summed E-state index contributed by atoms with van der Waals surface area (Å²) in [5.41, 5.74) is 8.84. The molecule has 4 heteroatoms. The molecule has 0 bridgehead atoms. The highest BCUT2D eigenvalue weighted by Crippen LogP contribution is 2.23. The molecule has 0 amide bonds. The minimum atomic E-state index is 0.544. The van der Waals surface area contributed by atoms with E-state index in [1.165, 1.54) is 0 Å². The average molecular weight is 234 g/mol. The van der Waals surface area contributed by atoms with E-state index in [0.717, 1.165) is 16.6 Å². The second-order valence-electron chi connectivity index (χ2n) is 4.00. The van der Waals surface area contributed by atoms with Crippen LogP contribution < -0.4 is 5.73 Å². The third-order valence-corrected chi connectivity index (χ3v) is 2.86. The maximum atomic E-state index is 8.83. The third kappa shape index (κ3) is 1.50. The molecule has 0 radical (unpaired) electrons. The van der Waals surface area contributed by atoms with E-state index in [4.69, 9.17) is 11.0 Å². The molecule has 18 heavy (non-hydrogen) atoms. The molecule has 86 valence electrons. The van der Waals surface area contributed by atoms with Crippen molar-refractivity contribution in [2.75, 3.05) is 5.73 Å². The lowest BCUT2D eigenvalue weighted by molar-refractivity contribution is 0.913. The van der Waals surface area contributed by atoms with E-state index in [0.29, 0.717) is 11.3 Å². The van der Waals surface area contributed by atoms with Crippen LogP contribution in [-0.2, 0) is 0 Å².